The third kappa shape index (κ3) is 4.86. The molecule has 5 nitrogen and oxygen atoms in total. The van der Waals surface area contributed by atoms with Crippen molar-refractivity contribution in [1.29, 1.82) is 0 Å². The van der Waals surface area contributed by atoms with Gasteiger partial charge >= 0.3 is 0 Å². The molecule has 1 heterocycles. The number of nitrogens with zero attached hydrogens (tertiary/aromatic N) is 2. The highest BCUT2D eigenvalue weighted by atomic mass is 35.5. The van der Waals surface area contributed by atoms with Crippen molar-refractivity contribution < 1.29 is 4.79 Å². The molecule has 0 saturated heterocycles. The number of aromatic nitrogens is 2. The summed E-state index contributed by atoms with van der Waals surface area (Å²) in [5.74, 6) is 0.217. The van der Waals surface area contributed by atoms with Crippen LogP contribution in [0.1, 0.15) is 31.3 Å². The van der Waals surface area contributed by atoms with Crippen LogP contribution in [0.5, 0.6) is 0 Å². The molecular weight excluding hydrogens is 323 g/mol. The lowest BCUT2D eigenvalue weighted by molar-refractivity contribution is 0.102. The minimum Gasteiger partial charge on any atom is -0.365 e. The highest BCUT2D eigenvalue weighted by Crippen LogP contribution is 2.23. The minimum atomic E-state index is -0.363. The van der Waals surface area contributed by atoms with Crippen LogP contribution in [0.15, 0.2) is 30.6 Å². The summed E-state index contributed by atoms with van der Waals surface area (Å²) in [7, 11) is 0. The van der Waals surface area contributed by atoms with Crippen molar-refractivity contribution in [3.63, 3.8) is 0 Å². The van der Waals surface area contributed by atoms with E-state index in [1.54, 1.807) is 24.3 Å². The van der Waals surface area contributed by atoms with Gasteiger partial charge in [-0.15, -0.1) is 0 Å². The van der Waals surface area contributed by atoms with Crippen LogP contribution < -0.4 is 10.6 Å². The molecule has 1 aromatic carbocycles. The van der Waals surface area contributed by atoms with Gasteiger partial charge in [0, 0.05) is 27.3 Å². The molecule has 0 aliphatic carbocycles. The van der Waals surface area contributed by atoms with Crippen LogP contribution >= 0.6 is 23.2 Å². The Bertz CT molecular complexity index is 678. The Morgan fingerprint density at radius 1 is 1.05 bits per heavy atom. The van der Waals surface area contributed by atoms with E-state index in [1.165, 1.54) is 6.33 Å². The van der Waals surface area contributed by atoms with E-state index in [1.807, 2.05) is 20.8 Å². The van der Waals surface area contributed by atoms with Gasteiger partial charge in [-0.05, 0) is 39.0 Å². The van der Waals surface area contributed by atoms with Gasteiger partial charge in [0.05, 0.1) is 0 Å². The average molecular weight is 339 g/mol. The molecule has 2 N–H and O–H groups in total. The van der Waals surface area contributed by atoms with Crippen molar-refractivity contribution in [3.8, 4) is 0 Å². The molecule has 0 atom stereocenters. The van der Waals surface area contributed by atoms with Gasteiger partial charge in [0.2, 0.25) is 0 Å². The lowest BCUT2D eigenvalue weighted by Gasteiger charge is -2.21. The standard InChI is InChI=1S/C15H16Cl2N4O/c1-15(2,3)21-13-7-12(18-8-19-13)14(22)20-11-5-9(16)4-10(17)6-11/h4-8H,1-3H3,(H,20,22)(H,18,19,21). The number of amides is 1. The number of hydrogen-bond donors (Lipinski definition) is 2. The van der Waals surface area contributed by atoms with Crippen LogP contribution in [0.4, 0.5) is 11.5 Å². The predicted molar refractivity (Wildman–Crippen MR) is 89.8 cm³/mol. The highest BCUT2D eigenvalue weighted by molar-refractivity contribution is 6.35. The van der Waals surface area contributed by atoms with Crippen molar-refractivity contribution in [2.45, 2.75) is 26.3 Å². The van der Waals surface area contributed by atoms with E-state index in [9.17, 15) is 4.79 Å². The number of carbonyl (C=O) groups excluding carboxylic acids is 1. The van der Waals surface area contributed by atoms with Crippen LogP contribution in [0.25, 0.3) is 0 Å². The number of halogens is 2. The number of carbonyl (C=O) groups is 1. The maximum Gasteiger partial charge on any atom is 0.274 e. The summed E-state index contributed by atoms with van der Waals surface area (Å²) in [5.41, 5.74) is 0.590. The Morgan fingerprint density at radius 2 is 1.68 bits per heavy atom. The molecule has 0 fully saturated rings. The zero-order valence-electron chi connectivity index (χ0n) is 12.4. The first-order chi connectivity index (χ1) is 10.2. The fourth-order valence-corrected chi connectivity index (χ4v) is 2.28. The molecule has 0 saturated carbocycles. The monoisotopic (exact) mass is 338 g/mol. The predicted octanol–water partition coefficient (Wildman–Crippen LogP) is 4.25. The second-order valence-corrected chi connectivity index (χ2v) is 6.65. The second-order valence-electron chi connectivity index (χ2n) is 5.78. The molecule has 0 unspecified atom stereocenters. The summed E-state index contributed by atoms with van der Waals surface area (Å²) >= 11 is 11.8. The van der Waals surface area contributed by atoms with Crippen LogP contribution in [0.3, 0.4) is 0 Å². The zero-order chi connectivity index (χ0) is 16.3. The van der Waals surface area contributed by atoms with Gasteiger partial charge < -0.3 is 10.6 Å². The third-order valence-corrected chi connectivity index (χ3v) is 2.96. The van der Waals surface area contributed by atoms with Crippen LogP contribution in [-0.2, 0) is 0 Å². The largest absolute Gasteiger partial charge is 0.365 e. The maximum atomic E-state index is 12.2. The smallest absolute Gasteiger partial charge is 0.274 e. The van der Waals surface area contributed by atoms with E-state index in [0.717, 1.165) is 0 Å². The van der Waals surface area contributed by atoms with E-state index in [-0.39, 0.29) is 17.1 Å². The fourth-order valence-electron chi connectivity index (χ4n) is 1.76. The van der Waals surface area contributed by atoms with Gasteiger partial charge in [-0.2, -0.15) is 0 Å². The molecular formula is C15H16Cl2N4O. The second kappa shape index (κ2) is 6.50. The van der Waals surface area contributed by atoms with Gasteiger partial charge in [0.15, 0.2) is 0 Å². The summed E-state index contributed by atoms with van der Waals surface area (Å²) < 4.78 is 0. The first-order valence-corrected chi connectivity index (χ1v) is 7.36. The first kappa shape index (κ1) is 16.5. The number of nitrogens with one attached hydrogen (secondary N) is 2. The third-order valence-electron chi connectivity index (χ3n) is 2.52. The number of hydrogen-bond acceptors (Lipinski definition) is 4. The lowest BCUT2D eigenvalue weighted by atomic mass is 10.1. The van der Waals surface area contributed by atoms with Crippen LogP contribution in [0.2, 0.25) is 10.0 Å². The molecule has 1 amide bonds. The number of anilines is 2. The highest BCUT2D eigenvalue weighted by Gasteiger charge is 2.14. The van der Waals surface area contributed by atoms with Gasteiger partial charge in [-0.3, -0.25) is 4.79 Å². The Balaban J connectivity index is 2.17. The van der Waals surface area contributed by atoms with Gasteiger partial charge in [0.25, 0.3) is 5.91 Å². The number of rotatable bonds is 3. The average Bonchev–Trinajstić information content (AvgIpc) is 2.35. The molecule has 0 bridgehead atoms. The van der Waals surface area contributed by atoms with E-state index >= 15 is 0 Å². The summed E-state index contributed by atoms with van der Waals surface area (Å²) in [5, 5.41) is 6.78. The summed E-state index contributed by atoms with van der Waals surface area (Å²) in [4.78, 5) is 20.3. The molecule has 0 spiro atoms. The molecule has 0 aliphatic rings. The van der Waals surface area contributed by atoms with Gasteiger partial charge in [-0.1, -0.05) is 23.2 Å². The van der Waals surface area contributed by atoms with Crippen molar-refractivity contribution in [2.75, 3.05) is 10.6 Å². The van der Waals surface area contributed by atoms with Gasteiger partial charge in [-0.25, -0.2) is 9.97 Å². The molecule has 2 aromatic rings. The Labute approximate surface area is 139 Å². The van der Waals surface area contributed by atoms with Crippen molar-refractivity contribution in [2.24, 2.45) is 0 Å². The molecule has 0 aliphatic heterocycles. The Morgan fingerprint density at radius 3 is 2.27 bits per heavy atom. The lowest BCUT2D eigenvalue weighted by Crippen LogP contribution is -2.27. The van der Waals surface area contributed by atoms with E-state index in [2.05, 4.69) is 20.6 Å². The molecule has 1 aromatic heterocycles. The van der Waals surface area contributed by atoms with E-state index < -0.39 is 0 Å². The summed E-state index contributed by atoms with van der Waals surface area (Å²) in [6, 6.07) is 6.41. The summed E-state index contributed by atoms with van der Waals surface area (Å²) in [6.07, 6.45) is 1.34. The molecule has 2 rings (SSSR count). The molecule has 116 valence electrons. The zero-order valence-corrected chi connectivity index (χ0v) is 14.0. The van der Waals surface area contributed by atoms with E-state index in [0.29, 0.717) is 21.6 Å². The minimum absolute atomic E-state index is 0.164. The van der Waals surface area contributed by atoms with Crippen LogP contribution in [-0.4, -0.2) is 21.4 Å². The van der Waals surface area contributed by atoms with Gasteiger partial charge in [0.1, 0.15) is 17.8 Å². The molecule has 0 radical (unpaired) electrons. The summed E-state index contributed by atoms with van der Waals surface area (Å²) in [6.45, 7) is 6.01. The quantitative estimate of drug-likeness (QED) is 0.877. The van der Waals surface area contributed by atoms with E-state index in [4.69, 9.17) is 23.2 Å². The molecule has 22 heavy (non-hydrogen) atoms. The Kier molecular flexibility index (Phi) is 4.88. The fraction of sp³-hybridized carbons (Fsp3) is 0.267. The topological polar surface area (TPSA) is 66.9 Å². The van der Waals surface area contributed by atoms with Crippen LogP contribution in [0, 0.1) is 0 Å². The Hall–Kier alpha value is -1.85. The molecule has 7 heteroatoms. The maximum absolute atomic E-state index is 12.2. The van der Waals surface area contributed by atoms with Crippen molar-refractivity contribution in [3.05, 3.63) is 46.3 Å². The number of benzene rings is 1. The van der Waals surface area contributed by atoms with Crippen molar-refractivity contribution in [1.82, 2.24) is 9.97 Å². The first-order valence-electron chi connectivity index (χ1n) is 6.61. The van der Waals surface area contributed by atoms with Crippen molar-refractivity contribution >= 4 is 40.6 Å². The SMILES string of the molecule is CC(C)(C)Nc1cc(C(=O)Nc2cc(Cl)cc(Cl)c2)ncn1. The normalized spacial score (nSPS) is 11.1.